The molecule has 0 aromatic heterocycles. The number of anilines is 2. The van der Waals surface area contributed by atoms with Crippen molar-refractivity contribution in [1.29, 1.82) is 0 Å². The summed E-state index contributed by atoms with van der Waals surface area (Å²) in [5.41, 5.74) is 3.36. The van der Waals surface area contributed by atoms with Crippen molar-refractivity contribution < 1.29 is 14.4 Å². The molecule has 2 aliphatic heterocycles. The zero-order valence-corrected chi connectivity index (χ0v) is 19.4. The Morgan fingerprint density at radius 1 is 1.16 bits per heavy atom. The maximum Gasteiger partial charge on any atom is 0.335 e. The second-order valence-electron chi connectivity index (χ2n) is 8.92. The van der Waals surface area contributed by atoms with Crippen LogP contribution in [-0.4, -0.2) is 29.9 Å². The number of hydrogen-bond donors (Lipinski definition) is 1. The van der Waals surface area contributed by atoms with Gasteiger partial charge in [-0.3, -0.25) is 14.9 Å². The molecular weight excluding hydrogens is 426 g/mol. The first kappa shape index (κ1) is 22.1. The highest BCUT2D eigenvalue weighted by molar-refractivity contribution is 6.39. The maximum absolute atomic E-state index is 13.1. The van der Waals surface area contributed by atoms with Gasteiger partial charge in [0.25, 0.3) is 11.8 Å². The van der Waals surface area contributed by atoms with Gasteiger partial charge in [0.15, 0.2) is 0 Å². The van der Waals surface area contributed by atoms with Gasteiger partial charge >= 0.3 is 6.03 Å². The smallest absolute Gasteiger partial charge is 0.335 e. The van der Waals surface area contributed by atoms with Crippen LogP contribution in [0.2, 0.25) is 5.02 Å². The number of carbonyl (C=O) groups is 3. The van der Waals surface area contributed by atoms with E-state index < -0.39 is 17.8 Å². The molecule has 0 unspecified atom stereocenters. The van der Waals surface area contributed by atoms with Gasteiger partial charge in [0.1, 0.15) is 5.57 Å². The standard InChI is InChI=1S/C25H26ClN3O3/c1-5-28-21-10-9-16(11-19(21)15(2)14-25(28,3)4)12-20-22(30)27-24(32)29(23(20)31)18-8-6-7-17(26)13-18/h6-13,15H,5,14H2,1-4H3,(H,27,30,32)/b20-12+/t15-/m1/s1. The average Bonchev–Trinajstić information content (AvgIpc) is 2.71. The van der Waals surface area contributed by atoms with Crippen LogP contribution in [0.4, 0.5) is 16.2 Å². The number of benzene rings is 2. The van der Waals surface area contributed by atoms with E-state index in [1.807, 2.05) is 18.2 Å². The molecule has 2 aromatic carbocycles. The highest BCUT2D eigenvalue weighted by atomic mass is 35.5. The van der Waals surface area contributed by atoms with Crippen LogP contribution in [0.25, 0.3) is 6.08 Å². The molecule has 6 nitrogen and oxygen atoms in total. The zero-order chi connectivity index (χ0) is 23.2. The lowest BCUT2D eigenvalue weighted by Crippen LogP contribution is -2.54. The third-order valence-electron chi connectivity index (χ3n) is 6.21. The van der Waals surface area contributed by atoms with E-state index in [2.05, 4.69) is 37.9 Å². The summed E-state index contributed by atoms with van der Waals surface area (Å²) in [7, 11) is 0. The quantitative estimate of drug-likeness (QED) is 0.519. The minimum absolute atomic E-state index is 0.0538. The molecule has 0 saturated carbocycles. The number of hydrogen-bond acceptors (Lipinski definition) is 4. The van der Waals surface area contributed by atoms with Crippen molar-refractivity contribution >= 4 is 46.9 Å². The van der Waals surface area contributed by atoms with Crippen molar-refractivity contribution in [3.8, 4) is 0 Å². The minimum atomic E-state index is -0.792. The van der Waals surface area contributed by atoms with Gasteiger partial charge in [-0.05, 0) is 80.6 Å². The first-order valence-corrected chi connectivity index (χ1v) is 11.1. The lowest BCUT2D eigenvalue weighted by Gasteiger charge is -2.47. The van der Waals surface area contributed by atoms with Crippen LogP contribution in [0.5, 0.6) is 0 Å². The maximum atomic E-state index is 13.1. The van der Waals surface area contributed by atoms with Gasteiger partial charge in [0.05, 0.1) is 5.69 Å². The van der Waals surface area contributed by atoms with Gasteiger partial charge < -0.3 is 4.90 Å². The van der Waals surface area contributed by atoms with Crippen molar-refractivity contribution in [3.63, 3.8) is 0 Å². The number of imide groups is 2. The molecule has 2 heterocycles. The van der Waals surface area contributed by atoms with Crippen LogP contribution in [0.15, 0.2) is 48.0 Å². The highest BCUT2D eigenvalue weighted by Crippen LogP contribution is 2.43. The number of halogens is 1. The number of amides is 4. The summed E-state index contributed by atoms with van der Waals surface area (Å²) in [4.78, 5) is 41.3. The van der Waals surface area contributed by atoms with Crippen LogP contribution >= 0.6 is 11.6 Å². The Hall–Kier alpha value is -3.12. The largest absolute Gasteiger partial charge is 0.366 e. The number of nitrogens with zero attached hydrogens (tertiary/aromatic N) is 2. The van der Waals surface area contributed by atoms with E-state index in [4.69, 9.17) is 11.6 Å². The van der Waals surface area contributed by atoms with Gasteiger partial charge in [0.2, 0.25) is 0 Å². The molecule has 0 bridgehead atoms. The fourth-order valence-corrected chi connectivity index (χ4v) is 5.06. The fourth-order valence-electron chi connectivity index (χ4n) is 4.87. The molecule has 1 fully saturated rings. The van der Waals surface area contributed by atoms with Crippen LogP contribution in [0.3, 0.4) is 0 Å². The first-order valence-electron chi connectivity index (χ1n) is 10.7. The van der Waals surface area contributed by atoms with E-state index >= 15 is 0 Å². The third kappa shape index (κ3) is 3.79. The summed E-state index contributed by atoms with van der Waals surface area (Å²) < 4.78 is 0. The molecule has 32 heavy (non-hydrogen) atoms. The molecule has 166 valence electrons. The molecule has 0 aliphatic carbocycles. The molecular formula is C25H26ClN3O3. The summed E-state index contributed by atoms with van der Waals surface area (Å²) >= 11 is 6.02. The van der Waals surface area contributed by atoms with Gasteiger partial charge in [-0.2, -0.15) is 0 Å². The van der Waals surface area contributed by atoms with Crippen LogP contribution < -0.4 is 15.1 Å². The van der Waals surface area contributed by atoms with Crippen molar-refractivity contribution in [2.75, 3.05) is 16.3 Å². The van der Waals surface area contributed by atoms with Crippen molar-refractivity contribution in [2.24, 2.45) is 0 Å². The van der Waals surface area contributed by atoms with Gasteiger partial charge in [-0.15, -0.1) is 0 Å². The monoisotopic (exact) mass is 451 g/mol. The molecule has 1 saturated heterocycles. The van der Waals surface area contributed by atoms with E-state index in [1.54, 1.807) is 24.3 Å². The Bertz CT molecular complexity index is 1150. The minimum Gasteiger partial charge on any atom is -0.366 e. The lowest BCUT2D eigenvalue weighted by molar-refractivity contribution is -0.122. The molecule has 1 atom stereocenters. The van der Waals surface area contributed by atoms with Crippen molar-refractivity contribution in [2.45, 2.75) is 45.6 Å². The fraction of sp³-hybridized carbons (Fsp3) is 0.320. The summed E-state index contributed by atoms with van der Waals surface area (Å²) in [6, 6.07) is 11.6. The Morgan fingerprint density at radius 3 is 2.59 bits per heavy atom. The topological polar surface area (TPSA) is 69.7 Å². The number of carbonyl (C=O) groups excluding carboxylic acids is 3. The Balaban J connectivity index is 1.73. The summed E-state index contributed by atoms with van der Waals surface area (Å²) in [5.74, 6) is -1.05. The molecule has 0 spiro atoms. The second-order valence-corrected chi connectivity index (χ2v) is 9.35. The highest BCUT2D eigenvalue weighted by Gasteiger charge is 2.38. The van der Waals surface area contributed by atoms with E-state index in [9.17, 15) is 14.4 Å². The normalized spacial score (nSPS) is 21.6. The van der Waals surface area contributed by atoms with Crippen LogP contribution in [-0.2, 0) is 9.59 Å². The Kier molecular flexibility index (Phi) is 5.59. The van der Waals surface area contributed by atoms with E-state index in [0.717, 1.165) is 23.4 Å². The molecule has 0 radical (unpaired) electrons. The van der Waals surface area contributed by atoms with Gasteiger partial charge in [-0.25, -0.2) is 9.69 Å². The Morgan fingerprint density at radius 2 is 1.91 bits per heavy atom. The van der Waals surface area contributed by atoms with E-state index in [-0.39, 0.29) is 11.1 Å². The number of rotatable bonds is 3. The number of barbiturate groups is 1. The van der Waals surface area contributed by atoms with Crippen molar-refractivity contribution in [1.82, 2.24) is 5.32 Å². The predicted molar refractivity (Wildman–Crippen MR) is 127 cm³/mol. The van der Waals surface area contributed by atoms with Gasteiger partial charge in [0, 0.05) is 22.8 Å². The third-order valence-corrected chi connectivity index (χ3v) is 6.44. The van der Waals surface area contributed by atoms with Crippen LogP contribution in [0.1, 0.15) is 51.2 Å². The molecule has 4 amide bonds. The molecule has 4 rings (SSSR count). The molecule has 7 heteroatoms. The first-order chi connectivity index (χ1) is 15.1. The Labute approximate surface area is 192 Å². The van der Waals surface area contributed by atoms with E-state index in [0.29, 0.717) is 16.6 Å². The number of nitrogens with one attached hydrogen (secondary N) is 1. The molecule has 2 aromatic rings. The number of fused-ring (bicyclic) bond motifs is 1. The van der Waals surface area contributed by atoms with Crippen molar-refractivity contribution in [3.05, 3.63) is 64.2 Å². The summed E-state index contributed by atoms with van der Waals surface area (Å²) in [6.07, 6.45) is 2.55. The SMILES string of the molecule is CCN1c2ccc(/C=C3\C(=O)NC(=O)N(c4cccc(Cl)c4)C3=O)cc2[C@H](C)CC1(C)C. The van der Waals surface area contributed by atoms with Crippen LogP contribution in [0, 0.1) is 0 Å². The zero-order valence-electron chi connectivity index (χ0n) is 18.6. The molecule has 1 N–H and O–H groups in total. The average molecular weight is 452 g/mol. The second kappa shape index (κ2) is 8.10. The predicted octanol–water partition coefficient (Wildman–Crippen LogP) is 5.12. The lowest BCUT2D eigenvalue weighted by atomic mass is 9.79. The summed E-state index contributed by atoms with van der Waals surface area (Å²) in [5, 5.41) is 2.64. The molecule has 2 aliphatic rings. The number of urea groups is 1. The summed E-state index contributed by atoms with van der Waals surface area (Å²) in [6.45, 7) is 9.73. The van der Waals surface area contributed by atoms with Gasteiger partial charge in [-0.1, -0.05) is 30.7 Å². The van der Waals surface area contributed by atoms with E-state index in [1.165, 1.54) is 17.3 Å².